The average molecular weight is 355 g/mol. The summed E-state index contributed by atoms with van der Waals surface area (Å²) in [5.74, 6) is -0.215. The minimum absolute atomic E-state index is 0.0743. The molecule has 1 saturated heterocycles. The Bertz CT molecular complexity index is 623. The van der Waals surface area contributed by atoms with Gasteiger partial charge in [-0.15, -0.1) is 0 Å². The minimum Gasteiger partial charge on any atom is -0.315 e. The van der Waals surface area contributed by atoms with Crippen molar-refractivity contribution in [1.82, 2.24) is 5.32 Å². The van der Waals surface area contributed by atoms with Gasteiger partial charge >= 0.3 is 0 Å². The van der Waals surface area contributed by atoms with Gasteiger partial charge in [-0.25, -0.2) is 4.39 Å². The fraction of sp³-hybridized carbons (Fsp3) is 0.250. The van der Waals surface area contributed by atoms with Crippen LogP contribution in [0, 0.1) is 5.82 Å². The van der Waals surface area contributed by atoms with E-state index in [0.717, 1.165) is 34.6 Å². The SMILES string of the molecule is Fc1ccc(CC2(c3ccc(Cl)cc3)CNC2)c(Br)c1. The predicted octanol–water partition coefficient (Wildman–Crippen LogP) is 4.33. The summed E-state index contributed by atoms with van der Waals surface area (Å²) in [6.45, 7) is 1.86. The van der Waals surface area contributed by atoms with E-state index in [1.807, 2.05) is 18.2 Å². The Morgan fingerprint density at radius 2 is 1.85 bits per heavy atom. The van der Waals surface area contributed by atoms with E-state index >= 15 is 0 Å². The van der Waals surface area contributed by atoms with E-state index in [1.54, 1.807) is 0 Å². The van der Waals surface area contributed by atoms with Crippen molar-refractivity contribution < 1.29 is 4.39 Å². The number of nitrogens with one attached hydrogen (secondary N) is 1. The van der Waals surface area contributed by atoms with Crippen LogP contribution in [0.25, 0.3) is 0 Å². The van der Waals surface area contributed by atoms with Crippen molar-refractivity contribution in [2.45, 2.75) is 11.8 Å². The van der Waals surface area contributed by atoms with E-state index in [9.17, 15) is 4.39 Å². The number of halogens is 3. The maximum absolute atomic E-state index is 13.2. The lowest BCUT2D eigenvalue weighted by molar-refractivity contribution is 0.274. The van der Waals surface area contributed by atoms with E-state index in [4.69, 9.17) is 11.6 Å². The second-order valence-electron chi connectivity index (χ2n) is 5.30. The van der Waals surface area contributed by atoms with Crippen molar-refractivity contribution in [3.63, 3.8) is 0 Å². The molecule has 0 unspecified atom stereocenters. The van der Waals surface area contributed by atoms with Gasteiger partial charge in [0.2, 0.25) is 0 Å². The molecule has 2 aromatic rings. The number of hydrogen-bond donors (Lipinski definition) is 1. The van der Waals surface area contributed by atoms with Gasteiger partial charge in [0, 0.05) is 28.0 Å². The molecule has 0 saturated carbocycles. The fourth-order valence-electron chi connectivity index (χ4n) is 2.69. The Morgan fingerprint density at radius 3 is 2.40 bits per heavy atom. The summed E-state index contributed by atoms with van der Waals surface area (Å²) in [7, 11) is 0. The second kappa shape index (κ2) is 5.47. The zero-order chi connectivity index (χ0) is 14.2. The van der Waals surface area contributed by atoms with Crippen molar-refractivity contribution >= 4 is 27.5 Å². The molecule has 0 radical (unpaired) electrons. The van der Waals surface area contributed by atoms with Crippen LogP contribution in [0.15, 0.2) is 46.9 Å². The van der Waals surface area contributed by atoms with Gasteiger partial charge in [-0.1, -0.05) is 45.7 Å². The first-order valence-corrected chi connectivity index (χ1v) is 7.67. The molecule has 0 aromatic heterocycles. The lowest BCUT2D eigenvalue weighted by Gasteiger charge is -2.43. The van der Waals surface area contributed by atoms with Crippen LogP contribution in [-0.2, 0) is 11.8 Å². The van der Waals surface area contributed by atoms with Crippen molar-refractivity contribution in [1.29, 1.82) is 0 Å². The zero-order valence-corrected chi connectivity index (χ0v) is 13.1. The standard InChI is InChI=1S/C16H14BrClFN/c17-15-7-14(19)6-1-11(15)8-16(9-20-10-16)12-2-4-13(18)5-3-12/h1-7,20H,8-10H2. The van der Waals surface area contributed by atoms with E-state index in [0.29, 0.717) is 0 Å². The van der Waals surface area contributed by atoms with Gasteiger partial charge in [0.05, 0.1) is 0 Å². The Labute approximate surface area is 131 Å². The number of benzene rings is 2. The maximum atomic E-state index is 13.2. The van der Waals surface area contributed by atoms with Gasteiger partial charge in [0.15, 0.2) is 0 Å². The summed E-state index contributed by atoms with van der Waals surface area (Å²) < 4.78 is 14.0. The van der Waals surface area contributed by atoms with Crippen LogP contribution >= 0.6 is 27.5 Å². The molecule has 0 atom stereocenters. The monoisotopic (exact) mass is 353 g/mol. The predicted molar refractivity (Wildman–Crippen MR) is 83.8 cm³/mol. The van der Waals surface area contributed by atoms with Crippen LogP contribution in [0.1, 0.15) is 11.1 Å². The summed E-state index contributed by atoms with van der Waals surface area (Å²) in [5, 5.41) is 4.09. The highest BCUT2D eigenvalue weighted by Gasteiger charge is 2.39. The Balaban J connectivity index is 1.91. The van der Waals surface area contributed by atoms with E-state index < -0.39 is 0 Å². The first-order valence-electron chi connectivity index (χ1n) is 6.50. The molecule has 0 bridgehead atoms. The van der Waals surface area contributed by atoms with E-state index in [2.05, 4.69) is 33.4 Å². The highest BCUT2D eigenvalue weighted by molar-refractivity contribution is 9.10. The quantitative estimate of drug-likeness (QED) is 0.865. The lowest BCUT2D eigenvalue weighted by Crippen LogP contribution is -2.58. The van der Waals surface area contributed by atoms with Crippen molar-refractivity contribution in [2.75, 3.05) is 13.1 Å². The molecule has 20 heavy (non-hydrogen) atoms. The van der Waals surface area contributed by atoms with Crippen molar-refractivity contribution in [3.8, 4) is 0 Å². The molecule has 0 aliphatic carbocycles. The van der Waals surface area contributed by atoms with Gasteiger partial charge in [-0.2, -0.15) is 0 Å². The van der Waals surface area contributed by atoms with Crippen LogP contribution < -0.4 is 5.32 Å². The summed E-state index contributed by atoms with van der Waals surface area (Å²) in [4.78, 5) is 0. The number of rotatable bonds is 3. The topological polar surface area (TPSA) is 12.0 Å². The lowest BCUT2D eigenvalue weighted by atomic mass is 9.71. The summed E-state index contributed by atoms with van der Waals surface area (Å²) in [6.07, 6.45) is 0.877. The van der Waals surface area contributed by atoms with Crippen LogP contribution in [0.3, 0.4) is 0 Å². The molecule has 2 aromatic carbocycles. The molecule has 1 nitrogen and oxygen atoms in total. The third-order valence-corrected chi connectivity index (χ3v) is 4.92. The molecule has 4 heteroatoms. The Kier molecular flexibility index (Phi) is 3.85. The van der Waals surface area contributed by atoms with Gasteiger partial charge in [0.25, 0.3) is 0 Å². The zero-order valence-electron chi connectivity index (χ0n) is 10.8. The summed E-state index contributed by atoms with van der Waals surface area (Å²) in [6, 6.07) is 12.9. The van der Waals surface area contributed by atoms with Crippen LogP contribution in [0.4, 0.5) is 4.39 Å². The molecule has 1 N–H and O–H groups in total. The van der Waals surface area contributed by atoms with Gasteiger partial charge in [-0.05, 0) is 41.8 Å². The molecule has 1 aliphatic rings. The number of hydrogen-bond acceptors (Lipinski definition) is 1. The smallest absolute Gasteiger partial charge is 0.124 e. The molecular weight excluding hydrogens is 341 g/mol. The van der Waals surface area contributed by atoms with E-state index in [1.165, 1.54) is 17.7 Å². The molecule has 1 fully saturated rings. The molecule has 0 amide bonds. The normalized spacial score (nSPS) is 16.8. The molecule has 1 heterocycles. The highest BCUT2D eigenvalue weighted by Crippen LogP contribution is 2.35. The summed E-state index contributed by atoms with van der Waals surface area (Å²) >= 11 is 9.42. The largest absolute Gasteiger partial charge is 0.315 e. The van der Waals surface area contributed by atoms with Crippen molar-refractivity contribution in [2.24, 2.45) is 0 Å². The molecular formula is C16H14BrClFN. The average Bonchev–Trinajstić information content (AvgIpc) is 2.37. The van der Waals surface area contributed by atoms with Gasteiger partial charge in [-0.3, -0.25) is 0 Å². The fourth-order valence-corrected chi connectivity index (χ4v) is 3.31. The van der Waals surface area contributed by atoms with E-state index in [-0.39, 0.29) is 11.2 Å². The summed E-state index contributed by atoms with van der Waals surface area (Å²) in [5.41, 5.74) is 2.48. The first kappa shape index (κ1) is 14.1. The Morgan fingerprint density at radius 1 is 1.15 bits per heavy atom. The van der Waals surface area contributed by atoms with Crippen LogP contribution in [0.5, 0.6) is 0 Å². The van der Waals surface area contributed by atoms with Crippen LogP contribution in [0.2, 0.25) is 5.02 Å². The maximum Gasteiger partial charge on any atom is 0.124 e. The van der Waals surface area contributed by atoms with Gasteiger partial charge < -0.3 is 5.32 Å². The first-order chi connectivity index (χ1) is 9.59. The molecule has 104 valence electrons. The highest BCUT2D eigenvalue weighted by atomic mass is 79.9. The Hall–Kier alpha value is -0.900. The second-order valence-corrected chi connectivity index (χ2v) is 6.59. The van der Waals surface area contributed by atoms with Gasteiger partial charge in [0.1, 0.15) is 5.82 Å². The minimum atomic E-state index is -0.215. The molecule has 0 spiro atoms. The third-order valence-electron chi connectivity index (χ3n) is 3.93. The van der Waals surface area contributed by atoms with Crippen molar-refractivity contribution in [3.05, 3.63) is 68.9 Å². The van der Waals surface area contributed by atoms with Crippen LogP contribution in [-0.4, -0.2) is 13.1 Å². The molecule has 3 rings (SSSR count). The molecule has 1 aliphatic heterocycles. The third kappa shape index (κ3) is 2.62.